The van der Waals surface area contributed by atoms with E-state index in [9.17, 15) is 13.5 Å². The van der Waals surface area contributed by atoms with Gasteiger partial charge in [0.25, 0.3) is 0 Å². The van der Waals surface area contributed by atoms with E-state index in [0.717, 1.165) is 36.8 Å². The van der Waals surface area contributed by atoms with Crippen LogP contribution in [0.1, 0.15) is 23.7 Å². The van der Waals surface area contributed by atoms with Gasteiger partial charge in [0.2, 0.25) is 10.0 Å². The van der Waals surface area contributed by atoms with E-state index in [-0.39, 0.29) is 18.2 Å². The number of hydrogen-bond acceptors (Lipinski definition) is 5. The Morgan fingerprint density at radius 3 is 2.50 bits per heavy atom. The van der Waals surface area contributed by atoms with Crippen LogP contribution in [0.5, 0.6) is 5.75 Å². The van der Waals surface area contributed by atoms with Gasteiger partial charge in [-0.15, -0.1) is 0 Å². The van der Waals surface area contributed by atoms with E-state index in [1.54, 1.807) is 30.3 Å². The van der Waals surface area contributed by atoms with Crippen LogP contribution in [0.2, 0.25) is 10.0 Å². The smallest absolute Gasteiger partial charge is 0.231 e. The standard InChI is InChI=1S/C21H24Cl2N2O4S/c1-24(30(2,27)28)14-3-5-16(6-4-14)29-21-18-9-13(22)10-19(23)17(18)11-20(21)25-8-7-15(26)12-25/h3-6,9-10,15,20-21,26H,7-8,11-12H2,1-2H3/t15-,20+,21+/m1/s1. The average molecular weight is 471 g/mol. The highest BCUT2D eigenvalue weighted by Crippen LogP contribution is 2.43. The van der Waals surface area contributed by atoms with Crippen LogP contribution in [-0.2, 0) is 16.4 Å². The molecule has 0 saturated carbocycles. The van der Waals surface area contributed by atoms with Gasteiger partial charge in [-0.3, -0.25) is 9.21 Å². The number of aliphatic hydroxyl groups is 1. The van der Waals surface area contributed by atoms with Crippen LogP contribution in [-0.4, -0.2) is 57.0 Å². The third-order valence-electron chi connectivity index (χ3n) is 5.89. The third kappa shape index (κ3) is 4.27. The summed E-state index contributed by atoms with van der Waals surface area (Å²) in [4.78, 5) is 2.24. The lowest BCUT2D eigenvalue weighted by atomic mass is 10.1. The number of β-amino-alcohol motifs (C(OH)–C–C–N with tert-alkyl or cyclic N) is 1. The van der Waals surface area contributed by atoms with Gasteiger partial charge in [0.05, 0.1) is 24.1 Å². The zero-order chi connectivity index (χ0) is 21.6. The number of benzene rings is 2. The van der Waals surface area contributed by atoms with Crippen molar-refractivity contribution in [2.24, 2.45) is 0 Å². The van der Waals surface area contributed by atoms with E-state index in [2.05, 4.69) is 4.90 Å². The van der Waals surface area contributed by atoms with Crippen molar-refractivity contribution in [3.05, 3.63) is 57.6 Å². The molecular formula is C21H24Cl2N2O4S. The Labute approximate surface area is 187 Å². The van der Waals surface area contributed by atoms with E-state index >= 15 is 0 Å². The number of hydrogen-bond donors (Lipinski definition) is 1. The monoisotopic (exact) mass is 470 g/mol. The van der Waals surface area contributed by atoms with Crippen LogP contribution < -0.4 is 9.04 Å². The molecule has 1 saturated heterocycles. The molecule has 1 N–H and O–H groups in total. The van der Waals surface area contributed by atoms with Crippen LogP contribution in [0.3, 0.4) is 0 Å². The normalized spacial score (nSPS) is 24.1. The lowest BCUT2D eigenvalue weighted by molar-refractivity contribution is 0.0818. The summed E-state index contributed by atoms with van der Waals surface area (Å²) in [6.07, 6.45) is 1.99. The first kappa shape index (κ1) is 21.7. The molecular weight excluding hydrogens is 447 g/mol. The number of rotatable bonds is 5. The van der Waals surface area contributed by atoms with E-state index in [1.165, 1.54) is 11.4 Å². The Balaban J connectivity index is 1.63. The van der Waals surface area contributed by atoms with E-state index < -0.39 is 10.0 Å². The molecule has 2 aromatic carbocycles. The van der Waals surface area contributed by atoms with Crippen LogP contribution >= 0.6 is 23.2 Å². The van der Waals surface area contributed by atoms with Crippen LogP contribution in [0.4, 0.5) is 5.69 Å². The van der Waals surface area contributed by atoms with Crippen molar-refractivity contribution in [3.63, 3.8) is 0 Å². The summed E-state index contributed by atoms with van der Waals surface area (Å²) < 4.78 is 31.1. The summed E-state index contributed by atoms with van der Waals surface area (Å²) in [5.74, 6) is 0.624. The average Bonchev–Trinajstić information content (AvgIpc) is 3.25. The van der Waals surface area contributed by atoms with Crippen molar-refractivity contribution < 1.29 is 18.3 Å². The number of fused-ring (bicyclic) bond motifs is 1. The minimum atomic E-state index is -3.33. The van der Waals surface area contributed by atoms with Crippen molar-refractivity contribution in [1.82, 2.24) is 4.90 Å². The molecule has 1 fully saturated rings. The molecule has 0 amide bonds. The Bertz CT molecular complexity index is 1050. The molecule has 162 valence electrons. The van der Waals surface area contributed by atoms with Gasteiger partial charge < -0.3 is 9.84 Å². The summed E-state index contributed by atoms with van der Waals surface area (Å²) >= 11 is 12.7. The lowest BCUT2D eigenvalue weighted by Crippen LogP contribution is -2.39. The molecule has 4 rings (SSSR count). The Kier molecular flexibility index (Phi) is 5.94. The van der Waals surface area contributed by atoms with Gasteiger partial charge in [0, 0.05) is 35.7 Å². The summed E-state index contributed by atoms with van der Waals surface area (Å²) in [5, 5.41) is 11.2. The molecule has 1 aliphatic carbocycles. The molecule has 6 nitrogen and oxygen atoms in total. The number of aliphatic hydroxyl groups excluding tert-OH is 1. The van der Waals surface area contributed by atoms with Crippen LogP contribution in [0, 0.1) is 0 Å². The fourth-order valence-electron chi connectivity index (χ4n) is 4.22. The van der Waals surface area contributed by atoms with Gasteiger partial charge in [-0.25, -0.2) is 8.42 Å². The molecule has 3 atom stereocenters. The fourth-order valence-corrected chi connectivity index (χ4v) is 5.31. The van der Waals surface area contributed by atoms with Gasteiger partial charge in [0.15, 0.2) is 0 Å². The number of likely N-dealkylation sites (tertiary alicyclic amines) is 1. The Morgan fingerprint density at radius 1 is 1.20 bits per heavy atom. The molecule has 2 aromatic rings. The highest BCUT2D eigenvalue weighted by atomic mass is 35.5. The van der Waals surface area contributed by atoms with Gasteiger partial charge in [-0.05, 0) is 54.8 Å². The predicted octanol–water partition coefficient (Wildman–Crippen LogP) is 3.50. The molecule has 0 radical (unpaired) electrons. The van der Waals surface area contributed by atoms with Gasteiger partial charge in [-0.1, -0.05) is 23.2 Å². The number of anilines is 1. The maximum Gasteiger partial charge on any atom is 0.231 e. The van der Waals surface area contributed by atoms with Crippen molar-refractivity contribution in [1.29, 1.82) is 0 Å². The van der Waals surface area contributed by atoms with Crippen molar-refractivity contribution in [2.45, 2.75) is 31.1 Å². The highest BCUT2D eigenvalue weighted by Gasteiger charge is 2.41. The number of nitrogens with zero attached hydrogens (tertiary/aromatic N) is 2. The van der Waals surface area contributed by atoms with Crippen molar-refractivity contribution in [2.75, 3.05) is 30.7 Å². The van der Waals surface area contributed by atoms with E-state index in [1.807, 2.05) is 6.07 Å². The predicted molar refractivity (Wildman–Crippen MR) is 119 cm³/mol. The minimum Gasteiger partial charge on any atom is -0.484 e. The number of ether oxygens (including phenoxy) is 1. The second-order valence-corrected chi connectivity index (χ2v) is 10.8. The van der Waals surface area contributed by atoms with Crippen molar-refractivity contribution >= 4 is 38.9 Å². The Morgan fingerprint density at radius 2 is 1.90 bits per heavy atom. The summed E-state index contributed by atoms with van der Waals surface area (Å²) in [7, 11) is -1.82. The first-order chi connectivity index (χ1) is 14.1. The molecule has 0 spiro atoms. The Hall–Kier alpha value is -1.51. The second-order valence-electron chi connectivity index (χ2n) is 7.93. The molecule has 9 heteroatoms. The highest BCUT2D eigenvalue weighted by molar-refractivity contribution is 7.92. The molecule has 1 aliphatic heterocycles. The molecule has 1 heterocycles. The first-order valence-corrected chi connectivity index (χ1v) is 12.3. The van der Waals surface area contributed by atoms with Crippen LogP contribution in [0.15, 0.2) is 36.4 Å². The summed E-state index contributed by atoms with van der Waals surface area (Å²) in [5.41, 5.74) is 2.53. The maximum absolute atomic E-state index is 11.8. The van der Waals surface area contributed by atoms with Gasteiger partial charge in [0.1, 0.15) is 11.9 Å². The molecule has 0 unspecified atom stereocenters. The van der Waals surface area contributed by atoms with Gasteiger partial charge >= 0.3 is 0 Å². The second kappa shape index (κ2) is 8.20. The molecule has 0 bridgehead atoms. The largest absolute Gasteiger partial charge is 0.484 e. The first-order valence-electron chi connectivity index (χ1n) is 9.74. The third-order valence-corrected chi connectivity index (χ3v) is 7.65. The lowest BCUT2D eigenvalue weighted by Gasteiger charge is -2.30. The maximum atomic E-state index is 11.8. The molecule has 30 heavy (non-hydrogen) atoms. The number of sulfonamides is 1. The summed E-state index contributed by atoms with van der Waals surface area (Å²) in [6.45, 7) is 1.39. The van der Waals surface area contributed by atoms with Gasteiger partial charge in [-0.2, -0.15) is 0 Å². The molecule has 0 aromatic heterocycles. The SMILES string of the molecule is CN(c1ccc(O[C@H]2c3cc(Cl)cc(Cl)c3C[C@@H]2N2CC[C@@H](O)C2)cc1)S(C)(=O)=O. The zero-order valence-corrected chi connectivity index (χ0v) is 19.1. The van der Waals surface area contributed by atoms with E-state index in [0.29, 0.717) is 28.0 Å². The quantitative estimate of drug-likeness (QED) is 0.723. The molecule has 2 aliphatic rings. The van der Waals surface area contributed by atoms with Crippen molar-refractivity contribution in [3.8, 4) is 5.75 Å². The topological polar surface area (TPSA) is 70.1 Å². The summed E-state index contributed by atoms with van der Waals surface area (Å²) in [6, 6.07) is 10.6. The van der Waals surface area contributed by atoms with E-state index in [4.69, 9.17) is 27.9 Å². The van der Waals surface area contributed by atoms with Crippen LogP contribution in [0.25, 0.3) is 0 Å². The fraction of sp³-hybridized carbons (Fsp3) is 0.429. The number of halogens is 2. The zero-order valence-electron chi connectivity index (χ0n) is 16.8. The minimum absolute atomic E-state index is 0.0338.